The van der Waals surface area contributed by atoms with E-state index in [2.05, 4.69) is 30.1 Å². The molecule has 0 amide bonds. The number of nitrogens with one attached hydrogen (secondary N) is 1. The van der Waals surface area contributed by atoms with Crippen LogP contribution in [0, 0.1) is 29.1 Å². The zero-order valence-electron chi connectivity index (χ0n) is 13.0. The molecule has 4 unspecified atom stereocenters. The molecule has 0 aromatic rings. The Kier molecular flexibility index (Phi) is 4.33. The minimum absolute atomic E-state index is 0.263. The smallest absolute Gasteiger partial charge is 0.0672 e. The average molecular weight is 275 g/mol. The molecule has 2 aliphatic carbocycles. The van der Waals surface area contributed by atoms with Gasteiger partial charge in [0.25, 0.3) is 0 Å². The van der Waals surface area contributed by atoms with E-state index in [1.54, 1.807) is 0 Å². The number of hydrogen-bond acceptors (Lipinski definition) is 3. The van der Waals surface area contributed by atoms with Crippen molar-refractivity contribution in [3.8, 4) is 6.07 Å². The Morgan fingerprint density at radius 3 is 2.30 bits per heavy atom. The summed E-state index contributed by atoms with van der Waals surface area (Å²) in [4.78, 5) is 2.67. The lowest BCUT2D eigenvalue weighted by Gasteiger charge is -2.50. The van der Waals surface area contributed by atoms with Crippen LogP contribution in [0.3, 0.4) is 0 Å². The summed E-state index contributed by atoms with van der Waals surface area (Å²) in [5.74, 6) is 1.88. The minimum atomic E-state index is 0.263. The SMILES string of the molecule is CC(C)N1CC2CCCC(C1)C2NC1CCCC1C#N. The van der Waals surface area contributed by atoms with Crippen LogP contribution in [0.2, 0.25) is 0 Å². The molecule has 3 aliphatic rings. The standard InChI is InChI=1S/C17H29N3/c1-12(2)20-10-14-6-3-7-15(11-20)17(14)19-16-8-4-5-13(16)9-18/h12-17,19H,3-8,10-11H2,1-2H3. The predicted octanol–water partition coefficient (Wildman–Crippen LogP) is 2.78. The van der Waals surface area contributed by atoms with E-state index in [0.29, 0.717) is 18.1 Å². The summed E-state index contributed by atoms with van der Waals surface area (Å²) in [6.07, 6.45) is 7.71. The van der Waals surface area contributed by atoms with Gasteiger partial charge in [-0.3, -0.25) is 0 Å². The van der Waals surface area contributed by atoms with Crippen LogP contribution in [-0.4, -0.2) is 36.1 Å². The molecule has 0 aromatic heterocycles. The maximum atomic E-state index is 9.29. The monoisotopic (exact) mass is 275 g/mol. The number of nitrogens with zero attached hydrogens (tertiary/aromatic N) is 2. The summed E-state index contributed by atoms with van der Waals surface area (Å²) in [7, 11) is 0. The summed E-state index contributed by atoms with van der Waals surface area (Å²) in [5, 5.41) is 13.2. The lowest BCUT2D eigenvalue weighted by atomic mass is 9.72. The molecule has 0 radical (unpaired) electrons. The van der Waals surface area contributed by atoms with Crippen molar-refractivity contribution in [1.29, 1.82) is 5.26 Å². The average Bonchev–Trinajstić information content (AvgIpc) is 2.85. The number of likely N-dealkylation sites (tertiary alicyclic amines) is 1. The molecule has 3 nitrogen and oxygen atoms in total. The van der Waals surface area contributed by atoms with Crippen molar-refractivity contribution in [3.05, 3.63) is 0 Å². The molecule has 3 rings (SSSR count). The van der Waals surface area contributed by atoms with Gasteiger partial charge in [0, 0.05) is 31.2 Å². The number of nitriles is 1. The van der Waals surface area contributed by atoms with Gasteiger partial charge in [-0.25, -0.2) is 0 Å². The maximum Gasteiger partial charge on any atom is 0.0672 e. The molecule has 20 heavy (non-hydrogen) atoms. The molecule has 0 spiro atoms. The van der Waals surface area contributed by atoms with E-state index in [9.17, 15) is 5.26 Å². The summed E-state index contributed by atoms with van der Waals surface area (Å²) >= 11 is 0. The van der Waals surface area contributed by atoms with Gasteiger partial charge in [-0.05, 0) is 51.4 Å². The van der Waals surface area contributed by atoms with Gasteiger partial charge in [-0.15, -0.1) is 0 Å². The quantitative estimate of drug-likeness (QED) is 0.861. The molecule has 112 valence electrons. The first-order chi connectivity index (χ1) is 9.69. The Morgan fingerprint density at radius 2 is 1.70 bits per heavy atom. The summed E-state index contributed by atoms with van der Waals surface area (Å²) in [5.41, 5.74) is 0. The van der Waals surface area contributed by atoms with Crippen LogP contribution in [0.5, 0.6) is 0 Å². The van der Waals surface area contributed by atoms with Crippen molar-refractivity contribution in [2.45, 2.75) is 70.5 Å². The molecule has 1 N–H and O–H groups in total. The summed E-state index contributed by atoms with van der Waals surface area (Å²) in [6.45, 7) is 7.17. The molecule has 4 atom stereocenters. The molecule has 0 aromatic carbocycles. The molecular formula is C17H29N3. The second kappa shape index (κ2) is 6.03. The van der Waals surface area contributed by atoms with E-state index in [-0.39, 0.29) is 5.92 Å². The number of piperidine rings is 1. The van der Waals surface area contributed by atoms with Crippen molar-refractivity contribution < 1.29 is 0 Å². The second-order valence-corrected chi connectivity index (χ2v) is 7.46. The van der Waals surface area contributed by atoms with E-state index in [4.69, 9.17) is 0 Å². The zero-order valence-corrected chi connectivity index (χ0v) is 13.0. The van der Waals surface area contributed by atoms with Gasteiger partial charge >= 0.3 is 0 Å². The van der Waals surface area contributed by atoms with Crippen LogP contribution in [0.15, 0.2) is 0 Å². The van der Waals surface area contributed by atoms with Crippen LogP contribution >= 0.6 is 0 Å². The Hall–Kier alpha value is -0.590. The highest BCUT2D eigenvalue weighted by Gasteiger charge is 2.42. The largest absolute Gasteiger partial charge is 0.309 e. The topological polar surface area (TPSA) is 39.1 Å². The van der Waals surface area contributed by atoms with Gasteiger partial charge in [-0.1, -0.05) is 12.8 Å². The lowest BCUT2D eigenvalue weighted by molar-refractivity contribution is 0.0240. The van der Waals surface area contributed by atoms with E-state index < -0.39 is 0 Å². The highest BCUT2D eigenvalue weighted by Crippen LogP contribution is 2.37. The normalized spacial score (nSPS) is 41.8. The van der Waals surface area contributed by atoms with Crippen LogP contribution in [0.4, 0.5) is 0 Å². The highest BCUT2D eigenvalue weighted by atomic mass is 15.2. The molecular weight excluding hydrogens is 246 g/mol. The fourth-order valence-electron chi connectivity index (χ4n) is 4.73. The Morgan fingerprint density at radius 1 is 1.05 bits per heavy atom. The Balaban J connectivity index is 1.66. The van der Waals surface area contributed by atoms with Crippen molar-refractivity contribution in [1.82, 2.24) is 10.2 Å². The zero-order chi connectivity index (χ0) is 14.1. The van der Waals surface area contributed by atoms with E-state index in [0.717, 1.165) is 18.3 Å². The van der Waals surface area contributed by atoms with Crippen molar-refractivity contribution in [3.63, 3.8) is 0 Å². The fourth-order valence-corrected chi connectivity index (χ4v) is 4.73. The first kappa shape index (κ1) is 14.4. The van der Waals surface area contributed by atoms with E-state index in [1.807, 2.05) is 0 Å². The van der Waals surface area contributed by atoms with E-state index in [1.165, 1.54) is 45.2 Å². The maximum absolute atomic E-state index is 9.29. The lowest BCUT2D eigenvalue weighted by Crippen LogP contribution is -2.60. The summed E-state index contributed by atoms with van der Waals surface area (Å²) in [6, 6.07) is 4.35. The van der Waals surface area contributed by atoms with Gasteiger partial charge in [0.2, 0.25) is 0 Å². The van der Waals surface area contributed by atoms with Crippen molar-refractivity contribution in [2.24, 2.45) is 17.8 Å². The van der Waals surface area contributed by atoms with Crippen molar-refractivity contribution >= 4 is 0 Å². The highest BCUT2D eigenvalue weighted by molar-refractivity contribution is 5.02. The summed E-state index contributed by atoms with van der Waals surface area (Å²) < 4.78 is 0. The third kappa shape index (κ3) is 2.73. The third-order valence-electron chi connectivity index (χ3n) is 5.92. The molecule has 3 heteroatoms. The molecule has 1 aliphatic heterocycles. The molecule has 2 bridgehead atoms. The van der Waals surface area contributed by atoms with Gasteiger partial charge < -0.3 is 10.2 Å². The second-order valence-electron chi connectivity index (χ2n) is 7.46. The van der Waals surface area contributed by atoms with E-state index >= 15 is 0 Å². The number of hydrogen-bond donors (Lipinski definition) is 1. The molecule has 2 saturated carbocycles. The van der Waals surface area contributed by atoms with Gasteiger partial charge in [-0.2, -0.15) is 5.26 Å². The number of rotatable bonds is 3. The van der Waals surface area contributed by atoms with Crippen LogP contribution in [0.25, 0.3) is 0 Å². The Labute approximate surface area is 123 Å². The number of fused-ring (bicyclic) bond motifs is 2. The fraction of sp³-hybridized carbons (Fsp3) is 0.941. The molecule has 1 heterocycles. The van der Waals surface area contributed by atoms with Crippen LogP contribution < -0.4 is 5.32 Å². The van der Waals surface area contributed by atoms with Crippen LogP contribution in [-0.2, 0) is 0 Å². The van der Waals surface area contributed by atoms with Crippen molar-refractivity contribution in [2.75, 3.05) is 13.1 Å². The predicted molar refractivity (Wildman–Crippen MR) is 81.2 cm³/mol. The minimum Gasteiger partial charge on any atom is -0.309 e. The third-order valence-corrected chi connectivity index (χ3v) is 5.92. The first-order valence-corrected chi connectivity index (χ1v) is 8.58. The van der Waals surface area contributed by atoms with Gasteiger partial charge in [0.05, 0.1) is 12.0 Å². The Bertz CT molecular complexity index is 359. The van der Waals surface area contributed by atoms with Gasteiger partial charge in [0.1, 0.15) is 0 Å². The molecule has 3 fully saturated rings. The van der Waals surface area contributed by atoms with Crippen LogP contribution in [0.1, 0.15) is 52.4 Å². The molecule has 1 saturated heterocycles. The van der Waals surface area contributed by atoms with Gasteiger partial charge in [0.15, 0.2) is 0 Å². The first-order valence-electron chi connectivity index (χ1n) is 8.58.